The minimum atomic E-state index is -0.161. The molecule has 1 aromatic heterocycles. The van der Waals surface area contributed by atoms with E-state index in [-0.39, 0.29) is 18.0 Å². The van der Waals surface area contributed by atoms with Gasteiger partial charge in [0.15, 0.2) is 0 Å². The Bertz CT molecular complexity index is 1440. The number of aliphatic hydroxyl groups excluding tert-OH is 1. The number of amides is 1. The molecular weight excluding hydrogens is 462 g/mol. The molecule has 37 heavy (non-hydrogen) atoms. The maximum atomic E-state index is 13.6. The molecule has 1 saturated carbocycles. The Labute approximate surface area is 216 Å². The molecule has 188 valence electrons. The van der Waals surface area contributed by atoms with Gasteiger partial charge in [0, 0.05) is 31.1 Å². The first-order valence-electron chi connectivity index (χ1n) is 13.0. The summed E-state index contributed by atoms with van der Waals surface area (Å²) >= 11 is 0. The zero-order valence-corrected chi connectivity index (χ0v) is 20.7. The van der Waals surface area contributed by atoms with Gasteiger partial charge in [0.05, 0.1) is 11.6 Å². The monoisotopic (exact) mass is 493 g/mol. The van der Waals surface area contributed by atoms with Gasteiger partial charge in [-0.2, -0.15) is 0 Å². The molecule has 0 radical (unpaired) electrons. The van der Waals surface area contributed by atoms with Crippen LogP contribution in [0.15, 0.2) is 66.7 Å². The van der Waals surface area contributed by atoms with Crippen LogP contribution in [0.3, 0.4) is 0 Å². The number of nitrogens with one attached hydrogen (secondary N) is 1. The van der Waals surface area contributed by atoms with Crippen LogP contribution in [0.1, 0.15) is 52.9 Å². The van der Waals surface area contributed by atoms with Gasteiger partial charge >= 0.3 is 0 Å². The third-order valence-corrected chi connectivity index (χ3v) is 7.65. The molecule has 0 saturated heterocycles. The molecule has 0 spiro atoms. The minimum absolute atomic E-state index is 0.0995. The van der Waals surface area contributed by atoms with Gasteiger partial charge in [-0.1, -0.05) is 54.6 Å². The second-order valence-electron chi connectivity index (χ2n) is 10.1. The van der Waals surface area contributed by atoms with Crippen molar-refractivity contribution in [1.29, 1.82) is 0 Å². The van der Waals surface area contributed by atoms with Crippen molar-refractivity contribution in [2.24, 2.45) is 0 Å². The summed E-state index contributed by atoms with van der Waals surface area (Å²) in [6.45, 7) is 1.87. The van der Waals surface area contributed by atoms with Gasteiger partial charge in [0.25, 0.3) is 5.91 Å². The van der Waals surface area contributed by atoms with Gasteiger partial charge in [0.1, 0.15) is 5.69 Å². The molecule has 4 N–H and O–H groups in total. The van der Waals surface area contributed by atoms with E-state index in [2.05, 4.69) is 45.6 Å². The Balaban J connectivity index is 1.31. The summed E-state index contributed by atoms with van der Waals surface area (Å²) in [5.74, 6) is -0.0376. The van der Waals surface area contributed by atoms with Gasteiger partial charge in [-0.25, -0.2) is 9.97 Å². The number of nitrogens with two attached hydrogens (primary N) is 1. The molecule has 1 fully saturated rings. The average Bonchev–Trinajstić information content (AvgIpc) is 3.36. The summed E-state index contributed by atoms with van der Waals surface area (Å²) in [6, 6.07) is 22.8. The Morgan fingerprint density at radius 2 is 1.65 bits per heavy atom. The van der Waals surface area contributed by atoms with Crippen LogP contribution < -0.4 is 11.1 Å². The van der Waals surface area contributed by atoms with E-state index in [1.807, 2.05) is 41.3 Å². The molecule has 3 aromatic carbocycles. The molecule has 2 aliphatic rings. The van der Waals surface area contributed by atoms with Crippen molar-refractivity contribution < 1.29 is 9.90 Å². The van der Waals surface area contributed by atoms with E-state index in [0.717, 1.165) is 54.5 Å². The SMILES string of the molecule is Nc1nc(C(=O)N2Cc3ccccc3C2)c2cc(-c3ccccc3CNC3CCC(O)CC3)ccc2n1. The van der Waals surface area contributed by atoms with Crippen molar-refractivity contribution in [3.8, 4) is 11.1 Å². The van der Waals surface area contributed by atoms with Crippen LogP contribution in [-0.4, -0.2) is 38.0 Å². The Hall–Kier alpha value is -3.81. The standard InChI is InChI=1S/C30H31N5O2/c31-30-33-27-14-9-19(25-8-4-3-5-20(25)16-32-23-10-12-24(36)13-11-23)15-26(27)28(34-30)29(37)35-17-21-6-1-2-7-22(21)18-35/h1-9,14-15,23-24,32,36H,10-13,16-18H2,(H2,31,33,34). The highest BCUT2D eigenvalue weighted by molar-refractivity contribution is 6.06. The van der Waals surface area contributed by atoms with Crippen LogP contribution in [-0.2, 0) is 19.6 Å². The first-order chi connectivity index (χ1) is 18.0. The molecule has 1 amide bonds. The van der Waals surface area contributed by atoms with Crippen molar-refractivity contribution in [2.75, 3.05) is 5.73 Å². The zero-order valence-electron chi connectivity index (χ0n) is 20.7. The number of aromatic nitrogens is 2. The summed E-state index contributed by atoms with van der Waals surface area (Å²) in [5, 5.41) is 14.2. The third kappa shape index (κ3) is 4.80. The van der Waals surface area contributed by atoms with Gasteiger partial charge in [-0.15, -0.1) is 0 Å². The number of hydrogen-bond acceptors (Lipinski definition) is 6. The summed E-state index contributed by atoms with van der Waals surface area (Å²) in [5.41, 5.74) is 12.7. The molecule has 0 unspecified atom stereocenters. The number of hydrogen-bond donors (Lipinski definition) is 3. The van der Waals surface area contributed by atoms with E-state index in [1.165, 1.54) is 5.56 Å². The lowest BCUT2D eigenvalue weighted by molar-refractivity contribution is 0.0747. The van der Waals surface area contributed by atoms with Crippen LogP contribution in [0.25, 0.3) is 22.0 Å². The normalized spacial score (nSPS) is 19.2. The van der Waals surface area contributed by atoms with Crippen LogP contribution in [0, 0.1) is 0 Å². The highest BCUT2D eigenvalue weighted by Crippen LogP contribution is 2.31. The topological polar surface area (TPSA) is 104 Å². The van der Waals surface area contributed by atoms with E-state index >= 15 is 0 Å². The Morgan fingerprint density at radius 3 is 2.41 bits per heavy atom. The number of nitrogen functional groups attached to an aromatic ring is 1. The molecular formula is C30H31N5O2. The van der Waals surface area contributed by atoms with E-state index in [1.54, 1.807) is 0 Å². The summed E-state index contributed by atoms with van der Waals surface area (Å²) < 4.78 is 0. The predicted molar refractivity (Wildman–Crippen MR) is 145 cm³/mol. The highest BCUT2D eigenvalue weighted by Gasteiger charge is 2.27. The van der Waals surface area contributed by atoms with Gasteiger partial charge in [0.2, 0.25) is 5.95 Å². The van der Waals surface area contributed by atoms with E-state index < -0.39 is 0 Å². The van der Waals surface area contributed by atoms with Crippen molar-refractivity contribution in [2.45, 2.75) is 57.5 Å². The fourth-order valence-corrected chi connectivity index (χ4v) is 5.59. The third-order valence-electron chi connectivity index (χ3n) is 7.65. The van der Waals surface area contributed by atoms with E-state index in [0.29, 0.717) is 35.7 Å². The minimum Gasteiger partial charge on any atom is -0.393 e. The van der Waals surface area contributed by atoms with Gasteiger partial charge < -0.3 is 21.1 Å². The number of benzene rings is 3. The summed E-state index contributed by atoms with van der Waals surface area (Å²) in [6.07, 6.45) is 3.53. The second-order valence-corrected chi connectivity index (χ2v) is 10.1. The van der Waals surface area contributed by atoms with E-state index in [4.69, 9.17) is 5.73 Å². The molecule has 0 atom stereocenters. The van der Waals surface area contributed by atoms with Crippen LogP contribution >= 0.6 is 0 Å². The van der Waals surface area contributed by atoms with Crippen molar-refractivity contribution in [3.63, 3.8) is 0 Å². The summed E-state index contributed by atoms with van der Waals surface area (Å²) in [4.78, 5) is 24.3. The maximum absolute atomic E-state index is 13.6. The molecule has 7 heteroatoms. The largest absolute Gasteiger partial charge is 0.393 e. The molecule has 2 heterocycles. The number of aliphatic hydroxyl groups is 1. The number of rotatable bonds is 5. The molecule has 1 aliphatic carbocycles. The number of nitrogens with zero attached hydrogens (tertiary/aromatic N) is 3. The first-order valence-corrected chi connectivity index (χ1v) is 13.0. The van der Waals surface area contributed by atoms with Crippen molar-refractivity contribution in [1.82, 2.24) is 20.2 Å². The molecule has 6 rings (SSSR count). The predicted octanol–water partition coefficient (Wildman–Crippen LogP) is 4.43. The number of fused-ring (bicyclic) bond motifs is 2. The quantitative estimate of drug-likeness (QED) is 0.380. The number of anilines is 1. The van der Waals surface area contributed by atoms with E-state index in [9.17, 15) is 9.90 Å². The average molecular weight is 494 g/mol. The fraction of sp³-hybridized carbons (Fsp3) is 0.300. The number of carbonyl (C=O) groups is 1. The second kappa shape index (κ2) is 9.92. The summed E-state index contributed by atoms with van der Waals surface area (Å²) in [7, 11) is 0. The molecule has 4 aromatic rings. The smallest absolute Gasteiger partial charge is 0.273 e. The zero-order chi connectivity index (χ0) is 25.4. The highest BCUT2D eigenvalue weighted by atomic mass is 16.3. The van der Waals surface area contributed by atoms with Crippen molar-refractivity contribution >= 4 is 22.8 Å². The molecule has 1 aliphatic heterocycles. The lowest BCUT2D eigenvalue weighted by Crippen LogP contribution is -2.34. The fourth-order valence-electron chi connectivity index (χ4n) is 5.59. The maximum Gasteiger partial charge on any atom is 0.273 e. The van der Waals surface area contributed by atoms with Crippen LogP contribution in [0.2, 0.25) is 0 Å². The van der Waals surface area contributed by atoms with Crippen LogP contribution in [0.5, 0.6) is 0 Å². The van der Waals surface area contributed by atoms with Gasteiger partial charge in [-0.05, 0) is 65.6 Å². The Kier molecular flexibility index (Phi) is 6.32. The Morgan fingerprint density at radius 1 is 0.946 bits per heavy atom. The van der Waals surface area contributed by atoms with Crippen molar-refractivity contribution in [3.05, 3.63) is 89.1 Å². The van der Waals surface area contributed by atoms with Gasteiger partial charge in [-0.3, -0.25) is 4.79 Å². The lowest BCUT2D eigenvalue weighted by Gasteiger charge is -2.26. The molecule has 7 nitrogen and oxygen atoms in total. The lowest BCUT2D eigenvalue weighted by atomic mass is 9.92. The molecule has 0 bridgehead atoms. The van der Waals surface area contributed by atoms with Crippen LogP contribution in [0.4, 0.5) is 5.95 Å². The first kappa shape index (κ1) is 23.6. The number of carbonyl (C=O) groups excluding carboxylic acids is 1.